The van der Waals surface area contributed by atoms with Crippen LogP contribution >= 0.6 is 0 Å². The zero-order valence-corrected chi connectivity index (χ0v) is 9.36. The molecule has 1 fully saturated rings. The van der Waals surface area contributed by atoms with Gasteiger partial charge in [0.05, 0.1) is 24.1 Å². The minimum absolute atomic E-state index is 0.290. The second-order valence-corrected chi connectivity index (χ2v) is 4.19. The van der Waals surface area contributed by atoms with E-state index in [2.05, 4.69) is 24.8 Å². The van der Waals surface area contributed by atoms with Crippen molar-refractivity contribution in [3.63, 3.8) is 0 Å². The molecule has 1 aliphatic rings. The molecule has 0 amide bonds. The smallest absolute Gasteiger partial charge is 0.0722 e. The average Bonchev–Trinajstić information content (AvgIpc) is 2.22. The number of aryl methyl sites for hydroxylation is 1. The SMILES string of the molecule is Cc1ccc(N)c(N2CCOC(C)C2)c1. The fraction of sp³-hybridized carbons (Fsp3) is 0.500. The minimum Gasteiger partial charge on any atom is -0.397 e. The highest BCUT2D eigenvalue weighted by Crippen LogP contribution is 2.25. The predicted molar refractivity (Wildman–Crippen MR) is 63.2 cm³/mol. The lowest BCUT2D eigenvalue weighted by Gasteiger charge is -2.33. The first-order valence-corrected chi connectivity index (χ1v) is 5.39. The second-order valence-electron chi connectivity index (χ2n) is 4.19. The molecule has 0 saturated carbocycles. The molecule has 0 aromatic heterocycles. The van der Waals surface area contributed by atoms with Crippen molar-refractivity contribution in [2.75, 3.05) is 30.3 Å². The normalized spacial score (nSPS) is 21.7. The number of nitrogens with zero attached hydrogens (tertiary/aromatic N) is 1. The fourth-order valence-electron chi connectivity index (χ4n) is 1.96. The van der Waals surface area contributed by atoms with Gasteiger partial charge in [0.25, 0.3) is 0 Å². The van der Waals surface area contributed by atoms with E-state index in [-0.39, 0.29) is 0 Å². The molecule has 2 rings (SSSR count). The fourth-order valence-corrected chi connectivity index (χ4v) is 1.96. The van der Waals surface area contributed by atoms with Crippen molar-refractivity contribution in [1.82, 2.24) is 0 Å². The van der Waals surface area contributed by atoms with Crippen molar-refractivity contribution in [1.29, 1.82) is 0 Å². The van der Waals surface area contributed by atoms with Crippen molar-refractivity contribution in [2.45, 2.75) is 20.0 Å². The van der Waals surface area contributed by atoms with Crippen LogP contribution in [0.3, 0.4) is 0 Å². The number of anilines is 2. The average molecular weight is 206 g/mol. The Labute approximate surface area is 90.8 Å². The van der Waals surface area contributed by atoms with Crippen LogP contribution in [0.5, 0.6) is 0 Å². The van der Waals surface area contributed by atoms with E-state index in [0.717, 1.165) is 31.1 Å². The zero-order chi connectivity index (χ0) is 10.8. The molecule has 0 aliphatic carbocycles. The van der Waals surface area contributed by atoms with Gasteiger partial charge in [-0.2, -0.15) is 0 Å². The Morgan fingerprint density at radius 3 is 3.00 bits per heavy atom. The Bertz CT molecular complexity index is 351. The first-order valence-electron chi connectivity index (χ1n) is 5.39. The Morgan fingerprint density at radius 2 is 2.27 bits per heavy atom. The molecular weight excluding hydrogens is 188 g/mol. The molecule has 0 radical (unpaired) electrons. The highest BCUT2D eigenvalue weighted by Gasteiger charge is 2.18. The third-order valence-corrected chi connectivity index (χ3v) is 2.77. The number of morpholine rings is 1. The summed E-state index contributed by atoms with van der Waals surface area (Å²) < 4.78 is 5.52. The molecule has 3 nitrogen and oxygen atoms in total. The molecule has 3 heteroatoms. The Balaban J connectivity index is 2.24. The standard InChI is InChI=1S/C12H18N2O/c1-9-3-4-11(13)12(7-9)14-5-6-15-10(2)8-14/h3-4,7,10H,5-6,8,13H2,1-2H3. The lowest BCUT2D eigenvalue weighted by atomic mass is 10.1. The van der Waals surface area contributed by atoms with E-state index in [1.165, 1.54) is 5.56 Å². The van der Waals surface area contributed by atoms with Gasteiger partial charge in [0, 0.05) is 13.1 Å². The maximum absolute atomic E-state index is 5.98. The van der Waals surface area contributed by atoms with Gasteiger partial charge in [-0.3, -0.25) is 0 Å². The van der Waals surface area contributed by atoms with Gasteiger partial charge in [0.2, 0.25) is 0 Å². The zero-order valence-electron chi connectivity index (χ0n) is 9.36. The number of nitrogens with two attached hydrogens (primary N) is 1. The Hall–Kier alpha value is -1.22. The van der Waals surface area contributed by atoms with Crippen molar-refractivity contribution >= 4 is 11.4 Å². The van der Waals surface area contributed by atoms with Gasteiger partial charge in [-0.05, 0) is 31.5 Å². The van der Waals surface area contributed by atoms with E-state index in [0.29, 0.717) is 6.10 Å². The summed E-state index contributed by atoms with van der Waals surface area (Å²) in [7, 11) is 0. The molecule has 2 N–H and O–H groups in total. The third-order valence-electron chi connectivity index (χ3n) is 2.77. The van der Waals surface area contributed by atoms with Crippen molar-refractivity contribution in [2.24, 2.45) is 0 Å². The molecule has 1 aliphatic heterocycles. The van der Waals surface area contributed by atoms with Crippen LogP contribution in [0.4, 0.5) is 11.4 Å². The maximum Gasteiger partial charge on any atom is 0.0722 e. The number of benzene rings is 1. The summed E-state index contributed by atoms with van der Waals surface area (Å²) >= 11 is 0. The lowest BCUT2D eigenvalue weighted by molar-refractivity contribution is 0.0533. The van der Waals surface area contributed by atoms with Crippen LogP contribution in [-0.4, -0.2) is 25.8 Å². The maximum atomic E-state index is 5.98. The molecule has 1 atom stereocenters. The highest BCUT2D eigenvalue weighted by atomic mass is 16.5. The van der Waals surface area contributed by atoms with Crippen molar-refractivity contribution < 1.29 is 4.74 Å². The number of ether oxygens (including phenoxy) is 1. The second kappa shape index (κ2) is 4.11. The van der Waals surface area contributed by atoms with E-state index < -0.39 is 0 Å². The summed E-state index contributed by atoms with van der Waals surface area (Å²) in [6.45, 7) is 6.82. The van der Waals surface area contributed by atoms with Crippen LogP contribution in [-0.2, 0) is 4.74 Å². The quantitative estimate of drug-likeness (QED) is 0.712. The molecule has 1 unspecified atom stereocenters. The molecule has 15 heavy (non-hydrogen) atoms. The van der Waals surface area contributed by atoms with Crippen LogP contribution in [0.2, 0.25) is 0 Å². The molecule has 1 heterocycles. The van der Waals surface area contributed by atoms with Crippen LogP contribution in [0, 0.1) is 6.92 Å². The van der Waals surface area contributed by atoms with E-state index in [9.17, 15) is 0 Å². The van der Waals surface area contributed by atoms with Crippen LogP contribution < -0.4 is 10.6 Å². The predicted octanol–water partition coefficient (Wildman–Crippen LogP) is 1.80. The number of rotatable bonds is 1. The summed E-state index contributed by atoms with van der Waals surface area (Å²) in [5.74, 6) is 0. The number of hydrogen-bond donors (Lipinski definition) is 1. The van der Waals surface area contributed by atoms with Crippen molar-refractivity contribution in [3.05, 3.63) is 23.8 Å². The number of nitrogen functional groups attached to an aromatic ring is 1. The van der Waals surface area contributed by atoms with Crippen LogP contribution in [0.15, 0.2) is 18.2 Å². The molecule has 1 aromatic carbocycles. The Morgan fingerprint density at radius 1 is 1.47 bits per heavy atom. The first kappa shape index (κ1) is 10.3. The van der Waals surface area contributed by atoms with Gasteiger partial charge in [-0.1, -0.05) is 6.07 Å². The highest BCUT2D eigenvalue weighted by molar-refractivity contribution is 5.68. The summed E-state index contributed by atoms with van der Waals surface area (Å²) in [5.41, 5.74) is 9.23. The van der Waals surface area contributed by atoms with E-state index >= 15 is 0 Å². The van der Waals surface area contributed by atoms with Crippen LogP contribution in [0.25, 0.3) is 0 Å². The summed E-state index contributed by atoms with van der Waals surface area (Å²) in [6, 6.07) is 6.17. The molecule has 82 valence electrons. The first-order chi connectivity index (χ1) is 7.16. The largest absolute Gasteiger partial charge is 0.397 e. The van der Waals surface area contributed by atoms with Gasteiger partial charge in [0.1, 0.15) is 0 Å². The van der Waals surface area contributed by atoms with Crippen molar-refractivity contribution in [3.8, 4) is 0 Å². The van der Waals surface area contributed by atoms with Gasteiger partial charge in [0.15, 0.2) is 0 Å². The molecule has 1 saturated heterocycles. The van der Waals surface area contributed by atoms with Gasteiger partial charge in [-0.15, -0.1) is 0 Å². The summed E-state index contributed by atoms with van der Waals surface area (Å²) in [5, 5.41) is 0. The topological polar surface area (TPSA) is 38.5 Å². The van der Waals surface area contributed by atoms with E-state index in [1.807, 2.05) is 12.1 Å². The number of hydrogen-bond acceptors (Lipinski definition) is 3. The molecule has 0 bridgehead atoms. The molecule has 0 spiro atoms. The van der Waals surface area contributed by atoms with Gasteiger partial charge < -0.3 is 15.4 Å². The summed E-state index contributed by atoms with van der Waals surface area (Å²) in [4.78, 5) is 2.30. The van der Waals surface area contributed by atoms with E-state index in [4.69, 9.17) is 10.5 Å². The molecule has 1 aromatic rings. The summed E-state index contributed by atoms with van der Waals surface area (Å²) in [6.07, 6.45) is 0.290. The lowest BCUT2D eigenvalue weighted by Crippen LogP contribution is -2.41. The van der Waals surface area contributed by atoms with Gasteiger partial charge >= 0.3 is 0 Å². The van der Waals surface area contributed by atoms with Gasteiger partial charge in [-0.25, -0.2) is 0 Å². The van der Waals surface area contributed by atoms with Crippen LogP contribution in [0.1, 0.15) is 12.5 Å². The molecular formula is C12H18N2O. The Kier molecular flexibility index (Phi) is 2.82. The minimum atomic E-state index is 0.290. The third kappa shape index (κ3) is 2.23. The monoisotopic (exact) mass is 206 g/mol. The van der Waals surface area contributed by atoms with E-state index in [1.54, 1.807) is 0 Å².